The van der Waals surface area contributed by atoms with Crippen molar-refractivity contribution in [3.05, 3.63) is 58.6 Å². The number of benzene rings is 2. The molecule has 7 heteroatoms. The molecule has 1 heterocycles. The second kappa shape index (κ2) is 6.77. The van der Waals surface area contributed by atoms with E-state index < -0.39 is 0 Å². The Kier molecular flexibility index (Phi) is 4.56. The summed E-state index contributed by atoms with van der Waals surface area (Å²) in [4.78, 5) is 1.47. The third-order valence-corrected chi connectivity index (χ3v) is 3.59. The molecule has 0 aliphatic rings. The maximum Gasteiger partial charge on any atom is 0.206 e. The Labute approximate surface area is 137 Å². The quantitative estimate of drug-likeness (QED) is 0.713. The largest absolute Gasteiger partial charge is 0.490 e. The number of rotatable bonds is 5. The van der Waals surface area contributed by atoms with E-state index in [0.717, 1.165) is 5.56 Å². The van der Waals surface area contributed by atoms with Gasteiger partial charge in [-0.1, -0.05) is 47.5 Å². The van der Waals surface area contributed by atoms with Gasteiger partial charge in [0.05, 0.1) is 16.6 Å². The lowest BCUT2D eigenvalue weighted by Gasteiger charge is -2.06. The first-order chi connectivity index (χ1) is 10.7. The molecular formula is C15H12Cl2N4O. The number of aromatic nitrogens is 4. The minimum atomic E-state index is 0.391. The van der Waals surface area contributed by atoms with Crippen molar-refractivity contribution in [3.63, 3.8) is 0 Å². The molecule has 0 amide bonds. The molecule has 1 aromatic heterocycles. The van der Waals surface area contributed by atoms with Crippen LogP contribution in [0.25, 0.3) is 11.4 Å². The van der Waals surface area contributed by atoms with Crippen molar-refractivity contribution in [1.29, 1.82) is 0 Å². The first-order valence-corrected chi connectivity index (χ1v) is 7.39. The molecule has 0 saturated heterocycles. The number of halogens is 2. The summed E-state index contributed by atoms with van der Waals surface area (Å²) in [5.74, 6) is 1.12. The summed E-state index contributed by atoms with van der Waals surface area (Å²) in [5.41, 5.74) is 0.752. The van der Waals surface area contributed by atoms with E-state index in [2.05, 4.69) is 15.4 Å². The number of hydrogen-bond donors (Lipinski definition) is 0. The zero-order valence-electron chi connectivity index (χ0n) is 11.5. The number of tetrazole rings is 1. The van der Waals surface area contributed by atoms with Gasteiger partial charge in [-0.25, -0.2) is 0 Å². The molecule has 5 nitrogen and oxygen atoms in total. The summed E-state index contributed by atoms with van der Waals surface area (Å²) in [7, 11) is 0. The zero-order valence-corrected chi connectivity index (χ0v) is 13.0. The van der Waals surface area contributed by atoms with Gasteiger partial charge in [0.1, 0.15) is 12.4 Å². The summed E-state index contributed by atoms with van der Waals surface area (Å²) in [6, 6.07) is 14.7. The van der Waals surface area contributed by atoms with E-state index in [-0.39, 0.29) is 0 Å². The van der Waals surface area contributed by atoms with Crippen LogP contribution in [0.1, 0.15) is 0 Å². The molecule has 0 saturated carbocycles. The van der Waals surface area contributed by atoms with Gasteiger partial charge in [-0.3, -0.25) is 0 Å². The third-order valence-electron chi connectivity index (χ3n) is 2.95. The lowest BCUT2D eigenvalue weighted by Crippen LogP contribution is -2.11. The lowest BCUT2D eigenvalue weighted by molar-refractivity contribution is 0.280. The highest BCUT2D eigenvalue weighted by Crippen LogP contribution is 2.24. The fraction of sp³-hybridized carbons (Fsp3) is 0.133. The van der Waals surface area contributed by atoms with E-state index in [0.29, 0.717) is 34.8 Å². The fourth-order valence-electron chi connectivity index (χ4n) is 1.89. The Bertz CT molecular complexity index is 775. The molecule has 0 fully saturated rings. The summed E-state index contributed by atoms with van der Waals surface area (Å²) in [6.07, 6.45) is 0. The number of nitrogens with zero attached hydrogens (tertiary/aromatic N) is 4. The Morgan fingerprint density at radius 1 is 0.955 bits per heavy atom. The smallest absolute Gasteiger partial charge is 0.206 e. The minimum absolute atomic E-state index is 0.391. The van der Waals surface area contributed by atoms with Gasteiger partial charge >= 0.3 is 0 Å². The molecule has 22 heavy (non-hydrogen) atoms. The van der Waals surface area contributed by atoms with Gasteiger partial charge in [0.25, 0.3) is 0 Å². The predicted molar refractivity (Wildman–Crippen MR) is 85.2 cm³/mol. The van der Waals surface area contributed by atoms with Crippen LogP contribution < -0.4 is 4.74 Å². The van der Waals surface area contributed by atoms with Crippen molar-refractivity contribution in [2.45, 2.75) is 6.54 Å². The highest BCUT2D eigenvalue weighted by Gasteiger charge is 2.09. The van der Waals surface area contributed by atoms with Crippen molar-refractivity contribution in [1.82, 2.24) is 20.2 Å². The summed E-state index contributed by atoms with van der Waals surface area (Å²) in [5, 5.41) is 13.5. The maximum atomic E-state index is 6.11. The third kappa shape index (κ3) is 3.37. The van der Waals surface area contributed by atoms with Crippen LogP contribution in [0.5, 0.6) is 5.75 Å². The van der Waals surface area contributed by atoms with Gasteiger partial charge in [0, 0.05) is 5.56 Å². The van der Waals surface area contributed by atoms with Gasteiger partial charge < -0.3 is 4.74 Å². The second-order valence-corrected chi connectivity index (χ2v) is 5.28. The Balaban J connectivity index is 1.63. The number of ether oxygens (including phenoxy) is 1. The van der Waals surface area contributed by atoms with Crippen molar-refractivity contribution in [2.75, 3.05) is 6.61 Å². The molecule has 112 valence electrons. The SMILES string of the molecule is Clc1ccccc1OCCn1nnc(-c2ccccc2Cl)n1. The van der Waals surface area contributed by atoms with Crippen molar-refractivity contribution >= 4 is 23.2 Å². The molecule has 3 aromatic rings. The highest BCUT2D eigenvalue weighted by atomic mass is 35.5. The molecule has 0 aliphatic carbocycles. The Morgan fingerprint density at radius 3 is 2.45 bits per heavy atom. The Hall–Kier alpha value is -2.11. The van der Waals surface area contributed by atoms with Crippen LogP contribution in [0.15, 0.2) is 48.5 Å². The van der Waals surface area contributed by atoms with Crippen LogP contribution in [0.2, 0.25) is 10.0 Å². The fourth-order valence-corrected chi connectivity index (χ4v) is 2.30. The van der Waals surface area contributed by atoms with Gasteiger partial charge in [0.15, 0.2) is 0 Å². The van der Waals surface area contributed by atoms with Crippen LogP contribution >= 0.6 is 23.2 Å². The van der Waals surface area contributed by atoms with Crippen LogP contribution in [0.3, 0.4) is 0 Å². The van der Waals surface area contributed by atoms with Crippen molar-refractivity contribution in [3.8, 4) is 17.1 Å². The van der Waals surface area contributed by atoms with Crippen LogP contribution in [-0.2, 0) is 6.54 Å². The molecule has 0 atom stereocenters. The van der Waals surface area contributed by atoms with E-state index in [4.69, 9.17) is 27.9 Å². The summed E-state index contributed by atoms with van der Waals surface area (Å²) in [6.45, 7) is 0.852. The lowest BCUT2D eigenvalue weighted by atomic mass is 10.2. The van der Waals surface area contributed by atoms with E-state index in [9.17, 15) is 0 Å². The molecule has 0 aliphatic heterocycles. The molecule has 0 unspecified atom stereocenters. The van der Waals surface area contributed by atoms with Crippen LogP contribution in [-0.4, -0.2) is 26.8 Å². The first-order valence-electron chi connectivity index (χ1n) is 6.64. The molecule has 0 spiro atoms. The first kappa shape index (κ1) is 14.8. The van der Waals surface area contributed by atoms with E-state index in [1.54, 1.807) is 12.1 Å². The molecular weight excluding hydrogens is 323 g/mol. The van der Waals surface area contributed by atoms with Crippen LogP contribution in [0, 0.1) is 0 Å². The molecule has 2 aromatic carbocycles. The average molecular weight is 335 g/mol. The minimum Gasteiger partial charge on any atom is -0.490 e. The zero-order chi connectivity index (χ0) is 15.4. The molecule has 3 rings (SSSR count). The Morgan fingerprint density at radius 2 is 1.68 bits per heavy atom. The molecule has 0 radical (unpaired) electrons. The number of hydrogen-bond acceptors (Lipinski definition) is 4. The standard InChI is InChI=1S/C15H12Cl2N4O/c16-12-6-2-1-5-11(12)15-18-20-21(19-15)9-10-22-14-8-4-3-7-13(14)17/h1-8H,9-10H2. The summed E-state index contributed by atoms with van der Waals surface area (Å²) < 4.78 is 5.59. The average Bonchev–Trinajstić information content (AvgIpc) is 2.98. The normalized spacial score (nSPS) is 10.6. The monoisotopic (exact) mass is 334 g/mol. The molecule has 0 N–H and O–H groups in total. The highest BCUT2D eigenvalue weighted by molar-refractivity contribution is 6.33. The molecule has 0 bridgehead atoms. The summed E-state index contributed by atoms with van der Waals surface area (Å²) >= 11 is 12.1. The van der Waals surface area contributed by atoms with E-state index in [1.807, 2.05) is 36.4 Å². The van der Waals surface area contributed by atoms with Gasteiger partial charge in [-0.2, -0.15) is 4.80 Å². The number of para-hydroxylation sites is 1. The van der Waals surface area contributed by atoms with E-state index in [1.165, 1.54) is 4.80 Å². The predicted octanol–water partition coefficient (Wildman–Crippen LogP) is 3.73. The second-order valence-electron chi connectivity index (χ2n) is 4.47. The van der Waals surface area contributed by atoms with Gasteiger partial charge in [-0.15, -0.1) is 10.2 Å². The van der Waals surface area contributed by atoms with Gasteiger partial charge in [-0.05, 0) is 29.5 Å². The van der Waals surface area contributed by atoms with Crippen molar-refractivity contribution < 1.29 is 4.74 Å². The van der Waals surface area contributed by atoms with Crippen molar-refractivity contribution in [2.24, 2.45) is 0 Å². The topological polar surface area (TPSA) is 52.8 Å². The maximum absolute atomic E-state index is 6.11. The van der Waals surface area contributed by atoms with Gasteiger partial charge in [0.2, 0.25) is 5.82 Å². The van der Waals surface area contributed by atoms with E-state index >= 15 is 0 Å². The van der Waals surface area contributed by atoms with Crippen LogP contribution in [0.4, 0.5) is 0 Å².